The lowest BCUT2D eigenvalue weighted by Gasteiger charge is -2.13. The fraction of sp³-hybridized carbons (Fsp3) is 0.263. The van der Waals surface area contributed by atoms with E-state index in [4.69, 9.17) is 16.3 Å². The zero-order chi connectivity index (χ0) is 18.7. The Hall–Kier alpha value is -2.34. The first-order chi connectivity index (χ1) is 12.3. The SMILES string of the molecule is O=C1CCC(=Cc2cccc(Oc3ccc(C(F)(F)F)c(Cl)n3)c2)CC1. The number of alkyl halides is 3. The van der Waals surface area contributed by atoms with E-state index in [9.17, 15) is 18.0 Å². The molecule has 0 atom stereocenters. The monoisotopic (exact) mass is 381 g/mol. The quantitative estimate of drug-likeness (QED) is 0.605. The summed E-state index contributed by atoms with van der Waals surface area (Å²) in [6.07, 6.45) is 0.0779. The highest BCUT2D eigenvalue weighted by Gasteiger charge is 2.34. The second-order valence-electron chi connectivity index (χ2n) is 6.00. The Balaban J connectivity index is 1.76. The molecule has 0 spiro atoms. The summed E-state index contributed by atoms with van der Waals surface area (Å²) >= 11 is 5.60. The highest BCUT2D eigenvalue weighted by molar-refractivity contribution is 6.30. The van der Waals surface area contributed by atoms with Gasteiger partial charge in [-0.15, -0.1) is 0 Å². The predicted octanol–water partition coefficient (Wildman–Crippen LogP) is 6.07. The predicted molar refractivity (Wildman–Crippen MR) is 92.2 cm³/mol. The number of ether oxygens (including phenoxy) is 1. The molecule has 1 saturated carbocycles. The van der Waals surface area contributed by atoms with Gasteiger partial charge in [-0.05, 0) is 36.6 Å². The number of Topliss-reactive ketones (excluding diaryl/α,β-unsaturated/α-hetero) is 1. The van der Waals surface area contributed by atoms with Crippen LogP contribution in [-0.4, -0.2) is 10.8 Å². The van der Waals surface area contributed by atoms with Crippen molar-refractivity contribution in [3.05, 3.63) is 58.3 Å². The van der Waals surface area contributed by atoms with Gasteiger partial charge < -0.3 is 4.74 Å². The van der Waals surface area contributed by atoms with Gasteiger partial charge in [0.2, 0.25) is 5.88 Å². The number of carbonyl (C=O) groups is 1. The first kappa shape index (κ1) is 18.5. The number of benzene rings is 1. The van der Waals surface area contributed by atoms with E-state index in [0.717, 1.165) is 30.5 Å². The molecule has 1 aliphatic rings. The molecule has 136 valence electrons. The van der Waals surface area contributed by atoms with Crippen LogP contribution in [0.15, 0.2) is 42.0 Å². The number of ketones is 1. The summed E-state index contributed by atoms with van der Waals surface area (Å²) in [5.41, 5.74) is 1.08. The van der Waals surface area contributed by atoms with Gasteiger partial charge in [-0.3, -0.25) is 4.79 Å². The van der Waals surface area contributed by atoms with Crippen molar-refractivity contribution in [3.8, 4) is 11.6 Å². The van der Waals surface area contributed by atoms with Crippen molar-refractivity contribution in [1.29, 1.82) is 0 Å². The third-order valence-electron chi connectivity index (χ3n) is 4.03. The third-order valence-corrected chi connectivity index (χ3v) is 4.32. The van der Waals surface area contributed by atoms with Gasteiger partial charge >= 0.3 is 6.18 Å². The van der Waals surface area contributed by atoms with Gasteiger partial charge in [-0.1, -0.05) is 35.4 Å². The maximum absolute atomic E-state index is 12.7. The van der Waals surface area contributed by atoms with E-state index >= 15 is 0 Å². The molecule has 1 aromatic heterocycles. The van der Waals surface area contributed by atoms with Crippen LogP contribution >= 0.6 is 11.6 Å². The Morgan fingerprint density at radius 1 is 1.08 bits per heavy atom. The Bertz CT molecular complexity index is 850. The first-order valence-electron chi connectivity index (χ1n) is 8.04. The number of halogens is 4. The molecule has 0 aliphatic heterocycles. The molecular weight excluding hydrogens is 367 g/mol. The minimum atomic E-state index is -4.56. The lowest BCUT2D eigenvalue weighted by molar-refractivity contribution is -0.137. The van der Waals surface area contributed by atoms with Crippen molar-refractivity contribution in [3.63, 3.8) is 0 Å². The molecule has 1 aromatic carbocycles. The Morgan fingerprint density at radius 2 is 1.81 bits per heavy atom. The molecule has 0 N–H and O–H groups in total. The van der Waals surface area contributed by atoms with Gasteiger partial charge in [0.25, 0.3) is 0 Å². The van der Waals surface area contributed by atoms with Crippen molar-refractivity contribution in [2.75, 3.05) is 0 Å². The largest absolute Gasteiger partial charge is 0.439 e. The lowest BCUT2D eigenvalue weighted by atomic mass is 9.92. The number of hydrogen-bond acceptors (Lipinski definition) is 3. The molecule has 1 fully saturated rings. The summed E-state index contributed by atoms with van der Waals surface area (Å²) in [6, 6.07) is 9.09. The van der Waals surface area contributed by atoms with Gasteiger partial charge in [0, 0.05) is 18.9 Å². The van der Waals surface area contributed by atoms with Crippen LogP contribution < -0.4 is 4.74 Å². The number of pyridine rings is 1. The number of carbonyl (C=O) groups excluding carboxylic acids is 1. The van der Waals surface area contributed by atoms with Gasteiger partial charge in [0.15, 0.2) is 0 Å². The molecule has 0 bridgehead atoms. The summed E-state index contributed by atoms with van der Waals surface area (Å²) in [5, 5.41) is -0.653. The van der Waals surface area contributed by atoms with E-state index in [2.05, 4.69) is 4.98 Å². The topological polar surface area (TPSA) is 39.2 Å². The van der Waals surface area contributed by atoms with Crippen LogP contribution in [0.3, 0.4) is 0 Å². The Kier molecular flexibility index (Phi) is 5.32. The van der Waals surface area contributed by atoms with Crippen LogP contribution in [-0.2, 0) is 11.0 Å². The van der Waals surface area contributed by atoms with Crippen molar-refractivity contribution in [2.45, 2.75) is 31.9 Å². The molecule has 3 rings (SSSR count). The molecule has 1 aliphatic carbocycles. The fourth-order valence-electron chi connectivity index (χ4n) is 2.70. The third kappa shape index (κ3) is 4.64. The number of rotatable bonds is 3. The second-order valence-corrected chi connectivity index (χ2v) is 6.36. The van der Waals surface area contributed by atoms with Crippen LogP contribution in [0, 0.1) is 0 Å². The van der Waals surface area contributed by atoms with E-state index in [1.165, 1.54) is 5.57 Å². The number of nitrogens with zero attached hydrogens (tertiary/aromatic N) is 1. The second kappa shape index (κ2) is 7.50. The molecule has 0 radical (unpaired) electrons. The first-order valence-corrected chi connectivity index (χ1v) is 8.42. The van der Waals surface area contributed by atoms with Crippen molar-refractivity contribution in [1.82, 2.24) is 4.98 Å². The smallest absolute Gasteiger partial charge is 0.419 e. The summed E-state index contributed by atoms with van der Waals surface area (Å²) in [4.78, 5) is 15.0. The van der Waals surface area contributed by atoms with Crippen LogP contribution in [0.5, 0.6) is 11.6 Å². The maximum atomic E-state index is 12.7. The Labute approximate surface area is 153 Å². The average molecular weight is 382 g/mol. The molecule has 7 heteroatoms. The van der Waals surface area contributed by atoms with Gasteiger partial charge in [0.1, 0.15) is 16.7 Å². The van der Waals surface area contributed by atoms with Crippen LogP contribution in [0.2, 0.25) is 5.15 Å². The average Bonchev–Trinajstić information content (AvgIpc) is 2.56. The summed E-state index contributed by atoms with van der Waals surface area (Å²) < 4.78 is 43.7. The molecule has 2 aromatic rings. The lowest BCUT2D eigenvalue weighted by Crippen LogP contribution is -2.07. The molecule has 26 heavy (non-hydrogen) atoms. The van der Waals surface area contributed by atoms with Crippen LogP contribution in [0.25, 0.3) is 6.08 Å². The van der Waals surface area contributed by atoms with E-state index < -0.39 is 16.9 Å². The molecule has 0 unspecified atom stereocenters. The highest BCUT2D eigenvalue weighted by atomic mass is 35.5. The van der Waals surface area contributed by atoms with Gasteiger partial charge in [0.05, 0.1) is 5.56 Å². The summed E-state index contributed by atoms with van der Waals surface area (Å²) in [5.74, 6) is 0.704. The molecule has 3 nitrogen and oxygen atoms in total. The molecule has 1 heterocycles. The number of aromatic nitrogens is 1. The van der Waals surface area contributed by atoms with Crippen LogP contribution in [0.1, 0.15) is 36.8 Å². The number of allylic oxidation sites excluding steroid dienone is 1. The fourth-order valence-corrected chi connectivity index (χ4v) is 2.96. The standard InChI is InChI=1S/C19H15ClF3NO2/c20-18-16(19(21,22)23)8-9-17(24-18)26-15-3-1-2-13(11-15)10-12-4-6-14(25)7-5-12/h1-3,8-11H,4-7H2. The van der Waals surface area contributed by atoms with E-state index in [0.29, 0.717) is 18.6 Å². The van der Waals surface area contributed by atoms with Crippen molar-refractivity contribution < 1.29 is 22.7 Å². The normalized spacial score (nSPS) is 15.1. The maximum Gasteiger partial charge on any atom is 0.419 e. The summed E-state index contributed by atoms with van der Waals surface area (Å²) in [6.45, 7) is 0. The minimum Gasteiger partial charge on any atom is -0.439 e. The van der Waals surface area contributed by atoms with Crippen molar-refractivity contribution >= 4 is 23.5 Å². The van der Waals surface area contributed by atoms with E-state index in [1.54, 1.807) is 18.2 Å². The van der Waals surface area contributed by atoms with Crippen molar-refractivity contribution in [2.24, 2.45) is 0 Å². The molecule has 0 amide bonds. The highest BCUT2D eigenvalue weighted by Crippen LogP contribution is 2.35. The minimum absolute atomic E-state index is 0.0175. The van der Waals surface area contributed by atoms with Crippen LogP contribution in [0.4, 0.5) is 13.2 Å². The zero-order valence-electron chi connectivity index (χ0n) is 13.6. The Morgan fingerprint density at radius 3 is 2.46 bits per heavy atom. The van der Waals surface area contributed by atoms with E-state index in [-0.39, 0.29) is 11.7 Å². The molecular formula is C19H15ClF3NO2. The van der Waals surface area contributed by atoms with Gasteiger partial charge in [-0.2, -0.15) is 13.2 Å². The van der Waals surface area contributed by atoms with E-state index in [1.807, 2.05) is 12.1 Å². The number of hydrogen-bond donors (Lipinski definition) is 0. The van der Waals surface area contributed by atoms with Gasteiger partial charge in [-0.25, -0.2) is 4.98 Å². The summed E-state index contributed by atoms with van der Waals surface area (Å²) in [7, 11) is 0. The zero-order valence-corrected chi connectivity index (χ0v) is 14.4. The molecule has 0 saturated heterocycles.